The summed E-state index contributed by atoms with van der Waals surface area (Å²) in [7, 11) is -0.948. The fourth-order valence-corrected chi connectivity index (χ4v) is 6.83. The highest BCUT2D eigenvalue weighted by Crippen LogP contribution is 2.37. The number of alkyl halides is 3. The Morgan fingerprint density at radius 2 is 1.30 bits per heavy atom. The maximum Gasteiger partial charge on any atom is 0.416 e. The van der Waals surface area contributed by atoms with Crippen molar-refractivity contribution >= 4 is 56.1 Å². The summed E-state index contributed by atoms with van der Waals surface area (Å²) in [5.41, 5.74) is -0.766. The minimum absolute atomic E-state index is 0.367. The molecule has 3 aromatic rings. The van der Waals surface area contributed by atoms with Gasteiger partial charge in [-0.2, -0.15) is 13.2 Å². The molecule has 1 atom stereocenters. The second-order valence-electron chi connectivity index (χ2n) is 5.51. The first-order valence-electron chi connectivity index (χ1n) is 7.48. The third-order valence-corrected chi connectivity index (χ3v) is 7.78. The highest BCUT2D eigenvalue weighted by Gasteiger charge is 2.35. The molecule has 3 rings (SSSR count). The van der Waals surface area contributed by atoms with Crippen LogP contribution in [0.2, 0.25) is 0 Å². The summed E-state index contributed by atoms with van der Waals surface area (Å²) in [6.45, 7) is 0. The fraction of sp³-hybridized carbons (Fsp3) is 0.0526. The smallest absolute Gasteiger partial charge is 0.207 e. The Morgan fingerprint density at radius 1 is 0.704 bits per heavy atom. The van der Waals surface area contributed by atoms with E-state index in [4.69, 9.17) is 0 Å². The van der Waals surface area contributed by atoms with Crippen molar-refractivity contribution in [2.45, 2.75) is 20.9 Å². The van der Waals surface area contributed by atoms with E-state index >= 15 is 0 Å². The summed E-state index contributed by atoms with van der Waals surface area (Å²) in [5, 5.41) is 0. The molecule has 0 spiro atoms. The van der Waals surface area contributed by atoms with Crippen LogP contribution in [0.15, 0.2) is 75.4 Å². The molecule has 0 saturated carbocycles. The summed E-state index contributed by atoms with van der Waals surface area (Å²) < 4.78 is 68.1. The van der Waals surface area contributed by atoms with Crippen LogP contribution in [0.25, 0.3) is 0 Å². The summed E-state index contributed by atoms with van der Waals surface area (Å²) in [6, 6.07) is 13.5. The molecule has 3 aromatic carbocycles. The summed E-state index contributed by atoms with van der Waals surface area (Å²) in [5.74, 6) is -1.45. The number of hydrogen-bond donors (Lipinski definition) is 0. The van der Waals surface area contributed by atoms with Crippen molar-refractivity contribution in [1.29, 1.82) is 0 Å². The molecule has 0 aliphatic rings. The molecule has 1 unspecified atom stereocenters. The molecular formula is C19H10F5I2S+. The Hall–Kier alpha value is -0.880. The zero-order valence-electron chi connectivity index (χ0n) is 13.3. The van der Waals surface area contributed by atoms with Crippen LogP contribution >= 0.6 is 45.2 Å². The molecule has 8 heteroatoms. The van der Waals surface area contributed by atoms with E-state index in [1.54, 1.807) is 0 Å². The van der Waals surface area contributed by atoms with Crippen molar-refractivity contribution in [2.75, 3.05) is 0 Å². The number of halogens is 7. The van der Waals surface area contributed by atoms with Crippen LogP contribution in [0.3, 0.4) is 0 Å². The molecule has 0 aliphatic carbocycles. The van der Waals surface area contributed by atoms with Gasteiger partial charge in [0.15, 0.2) is 14.7 Å². The molecule has 0 heterocycles. The van der Waals surface area contributed by atoms with Gasteiger partial charge in [-0.15, -0.1) is 0 Å². The third-order valence-electron chi connectivity index (χ3n) is 3.60. The van der Waals surface area contributed by atoms with Crippen molar-refractivity contribution < 1.29 is 22.0 Å². The number of rotatable bonds is 3. The van der Waals surface area contributed by atoms with Crippen LogP contribution in [0, 0.1) is 18.8 Å². The quantitative estimate of drug-likeness (QED) is 0.164. The SMILES string of the molecule is Fc1cc(F)cc([S+](c2ccc(C(F)(F)F)cc2)c2ccc(I)cc2I)c1. The van der Waals surface area contributed by atoms with Gasteiger partial charge in [0.1, 0.15) is 22.5 Å². The first-order valence-corrected chi connectivity index (χ1v) is 10.9. The number of hydrogen-bond acceptors (Lipinski definition) is 0. The van der Waals surface area contributed by atoms with E-state index in [9.17, 15) is 22.0 Å². The zero-order valence-corrected chi connectivity index (χ0v) is 18.5. The average Bonchev–Trinajstić information content (AvgIpc) is 2.56. The molecule has 0 fully saturated rings. The van der Waals surface area contributed by atoms with E-state index in [0.29, 0.717) is 9.79 Å². The molecule has 140 valence electrons. The predicted octanol–water partition coefficient (Wildman–Crippen LogP) is 7.29. The van der Waals surface area contributed by atoms with Crippen molar-refractivity contribution in [1.82, 2.24) is 0 Å². The monoisotopic (exact) mass is 619 g/mol. The molecule has 0 radical (unpaired) electrons. The lowest BCUT2D eigenvalue weighted by Crippen LogP contribution is -2.09. The summed E-state index contributed by atoms with van der Waals surface area (Å²) >= 11 is 4.28. The molecule has 0 aromatic heterocycles. The Labute approximate surface area is 182 Å². The molecule has 0 amide bonds. The van der Waals surface area contributed by atoms with Crippen molar-refractivity contribution in [3.05, 3.63) is 85.0 Å². The lowest BCUT2D eigenvalue weighted by Gasteiger charge is -2.12. The van der Waals surface area contributed by atoms with Gasteiger partial charge in [0.25, 0.3) is 0 Å². The van der Waals surface area contributed by atoms with E-state index in [0.717, 1.165) is 30.2 Å². The van der Waals surface area contributed by atoms with Gasteiger partial charge in [-0.25, -0.2) is 8.78 Å². The molecule has 0 N–H and O–H groups in total. The Morgan fingerprint density at radius 3 is 1.81 bits per heavy atom. The van der Waals surface area contributed by atoms with Crippen molar-refractivity contribution in [3.63, 3.8) is 0 Å². The normalized spacial score (nSPS) is 12.9. The molecular weight excluding hydrogens is 609 g/mol. The number of benzene rings is 3. The second kappa shape index (κ2) is 8.24. The minimum Gasteiger partial charge on any atom is -0.207 e. The highest BCUT2D eigenvalue weighted by molar-refractivity contribution is 14.1. The Balaban J connectivity index is 2.18. The summed E-state index contributed by atoms with van der Waals surface area (Å²) in [6.07, 6.45) is -4.45. The van der Waals surface area contributed by atoms with E-state index in [1.165, 1.54) is 24.3 Å². The first kappa shape index (κ1) is 20.8. The van der Waals surface area contributed by atoms with Crippen LogP contribution in [-0.4, -0.2) is 0 Å². The van der Waals surface area contributed by atoms with Crippen LogP contribution in [0.4, 0.5) is 22.0 Å². The Kier molecular flexibility index (Phi) is 6.36. The minimum atomic E-state index is -4.45. The topological polar surface area (TPSA) is 0 Å². The van der Waals surface area contributed by atoms with Gasteiger partial charge < -0.3 is 0 Å². The van der Waals surface area contributed by atoms with Gasteiger partial charge in [-0.3, -0.25) is 0 Å². The van der Waals surface area contributed by atoms with Crippen LogP contribution in [0.1, 0.15) is 5.56 Å². The molecule has 0 saturated heterocycles. The fourth-order valence-electron chi connectivity index (χ4n) is 2.46. The third kappa shape index (κ3) is 4.94. The maximum atomic E-state index is 13.8. The molecule has 0 bridgehead atoms. The van der Waals surface area contributed by atoms with Gasteiger partial charge in [0.05, 0.1) is 9.13 Å². The first-order chi connectivity index (χ1) is 12.6. The van der Waals surface area contributed by atoms with Crippen LogP contribution in [-0.2, 0) is 17.1 Å². The molecule has 0 nitrogen and oxygen atoms in total. The molecule has 27 heavy (non-hydrogen) atoms. The van der Waals surface area contributed by atoms with Crippen LogP contribution < -0.4 is 0 Å². The van der Waals surface area contributed by atoms with Gasteiger partial charge in [-0.1, -0.05) is 0 Å². The van der Waals surface area contributed by atoms with Gasteiger partial charge in [-0.05, 0) is 87.6 Å². The van der Waals surface area contributed by atoms with E-state index in [-0.39, 0.29) is 0 Å². The van der Waals surface area contributed by atoms with Gasteiger partial charge in [0.2, 0.25) is 0 Å². The largest absolute Gasteiger partial charge is 0.416 e. The van der Waals surface area contributed by atoms with Gasteiger partial charge in [0, 0.05) is 21.8 Å². The van der Waals surface area contributed by atoms with Crippen molar-refractivity contribution in [2.24, 2.45) is 0 Å². The predicted molar refractivity (Wildman–Crippen MR) is 112 cm³/mol. The Bertz CT molecular complexity index is 951. The lowest BCUT2D eigenvalue weighted by molar-refractivity contribution is -0.137. The zero-order chi connectivity index (χ0) is 19.8. The lowest BCUT2D eigenvalue weighted by atomic mass is 10.2. The van der Waals surface area contributed by atoms with E-state index in [1.807, 2.05) is 18.2 Å². The van der Waals surface area contributed by atoms with E-state index < -0.39 is 34.3 Å². The molecule has 0 aliphatic heterocycles. The average molecular weight is 619 g/mol. The van der Waals surface area contributed by atoms with Crippen molar-refractivity contribution in [3.8, 4) is 0 Å². The summed E-state index contributed by atoms with van der Waals surface area (Å²) in [4.78, 5) is 1.71. The highest BCUT2D eigenvalue weighted by atomic mass is 127. The van der Waals surface area contributed by atoms with Gasteiger partial charge >= 0.3 is 6.18 Å². The van der Waals surface area contributed by atoms with Crippen LogP contribution in [0.5, 0.6) is 0 Å². The van der Waals surface area contributed by atoms with E-state index in [2.05, 4.69) is 45.2 Å². The standard InChI is InChI=1S/C19H10F5I2S/c20-12-7-13(21)9-16(8-12)27(18-6-3-14(25)10-17(18)26)15-4-1-11(2-5-15)19(22,23)24/h1-10H/q+1. The second-order valence-corrected chi connectivity index (χ2v) is 9.91. The maximum absolute atomic E-state index is 13.8.